The number of fused-ring (bicyclic) bond motifs is 1. The van der Waals surface area contributed by atoms with Crippen LogP contribution in [0.2, 0.25) is 0 Å². The molecule has 0 saturated carbocycles. The first-order chi connectivity index (χ1) is 11.6. The van der Waals surface area contributed by atoms with Crippen molar-refractivity contribution in [2.24, 2.45) is 0 Å². The van der Waals surface area contributed by atoms with Crippen molar-refractivity contribution in [3.8, 4) is 0 Å². The van der Waals surface area contributed by atoms with Crippen LogP contribution in [0.5, 0.6) is 0 Å². The number of carbonyl (C=O) groups excluding carboxylic acids is 1. The third kappa shape index (κ3) is 3.49. The summed E-state index contributed by atoms with van der Waals surface area (Å²) in [7, 11) is 0. The number of nitrogens with zero attached hydrogens (tertiary/aromatic N) is 1. The summed E-state index contributed by atoms with van der Waals surface area (Å²) < 4.78 is 2.22. The van der Waals surface area contributed by atoms with Crippen LogP contribution in [0.4, 0.5) is 5.69 Å². The molecule has 124 valence electrons. The van der Waals surface area contributed by atoms with Crippen LogP contribution in [-0.4, -0.2) is 16.2 Å². The third-order valence-electron chi connectivity index (χ3n) is 4.11. The molecule has 1 aromatic heterocycles. The Morgan fingerprint density at radius 1 is 1.17 bits per heavy atom. The number of para-hydroxylation sites is 1. The van der Waals surface area contributed by atoms with Crippen molar-refractivity contribution < 1.29 is 4.79 Å². The highest BCUT2D eigenvalue weighted by molar-refractivity contribution is 8.00. The molecule has 0 saturated heterocycles. The Morgan fingerprint density at radius 2 is 1.96 bits per heavy atom. The van der Waals surface area contributed by atoms with Gasteiger partial charge in [0, 0.05) is 34.2 Å². The molecule has 3 rings (SSSR count). The maximum atomic E-state index is 12.3. The van der Waals surface area contributed by atoms with Gasteiger partial charge in [0.15, 0.2) is 0 Å². The predicted octanol–water partition coefficient (Wildman–Crippen LogP) is 5.01. The molecule has 0 atom stereocenters. The molecule has 2 aromatic carbocycles. The number of thioether (sulfide) groups is 1. The second-order valence-electron chi connectivity index (χ2n) is 5.95. The molecule has 4 heteroatoms. The lowest BCUT2D eigenvalue weighted by atomic mass is 10.1. The lowest BCUT2D eigenvalue weighted by Gasteiger charge is -2.08. The lowest BCUT2D eigenvalue weighted by Crippen LogP contribution is -2.14. The Labute approximate surface area is 147 Å². The fourth-order valence-corrected chi connectivity index (χ4v) is 3.76. The maximum Gasteiger partial charge on any atom is 0.234 e. The summed E-state index contributed by atoms with van der Waals surface area (Å²) in [4.78, 5) is 13.5. The summed E-state index contributed by atoms with van der Waals surface area (Å²) >= 11 is 1.59. The average Bonchev–Trinajstić information content (AvgIpc) is 2.94. The number of carbonyl (C=O) groups is 1. The molecule has 0 bridgehead atoms. The molecule has 0 spiro atoms. The van der Waals surface area contributed by atoms with Crippen molar-refractivity contribution in [2.75, 3.05) is 11.1 Å². The van der Waals surface area contributed by atoms with E-state index in [0.29, 0.717) is 5.75 Å². The number of anilines is 1. The maximum absolute atomic E-state index is 12.3. The van der Waals surface area contributed by atoms with E-state index >= 15 is 0 Å². The van der Waals surface area contributed by atoms with Crippen molar-refractivity contribution >= 4 is 34.3 Å². The van der Waals surface area contributed by atoms with Crippen LogP contribution in [0.25, 0.3) is 10.9 Å². The Balaban J connectivity index is 1.70. The van der Waals surface area contributed by atoms with E-state index in [1.54, 1.807) is 11.8 Å². The smallest absolute Gasteiger partial charge is 0.234 e. The van der Waals surface area contributed by atoms with Gasteiger partial charge in [0.2, 0.25) is 5.91 Å². The molecule has 1 heterocycles. The zero-order chi connectivity index (χ0) is 17.1. The number of benzene rings is 2. The Hall–Kier alpha value is -2.20. The van der Waals surface area contributed by atoms with Crippen molar-refractivity contribution in [2.45, 2.75) is 32.2 Å². The number of nitrogens with one attached hydrogen (secondary N) is 1. The molecule has 3 nitrogen and oxygen atoms in total. The largest absolute Gasteiger partial charge is 0.347 e. The monoisotopic (exact) mass is 338 g/mol. The van der Waals surface area contributed by atoms with Crippen LogP contribution < -0.4 is 5.32 Å². The SMILES string of the molecule is CCn1cc(SCC(=O)Nc2ccc(C)cc2C)c2ccccc21. The first-order valence-electron chi connectivity index (χ1n) is 8.16. The molecule has 1 N–H and O–H groups in total. The van der Waals surface area contributed by atoms with Crippen molar-refractivity contribution in [1.82, 2.24) is 4.57 Å². The molecule has 24 heavy (non-hydrogen) atoms. The fraction of sp³-hybridized carbons (Fsp3) is 0.250. The summed E-state index contributed by atoms with van der Waals surface area (Å²) in [6, 6.07) is 14.4. The lowest BCUT2D eigenvalue weighted by molar-refractivity contribution is -0.113. The predicted molar refractivity (Wildman–Crippen MR) is 103 cm³/mol. The third-order valence-corrected chi connectivity index (χ3v) is 5.15. The van der Waals surface area contributed by atoms with Gasteiger partial charge >= 0.3 is 0 Å². The van der Waals surface area contributed by atoms with E-state index in [-0.39, 0.29) is 5.91 Å². The van der Waals surface area contributed by atoms with E-state index in [9.17, 15) is 4.79 Å². The molecule has 0 aliphatic carbocycles. The topological polar surface area (TPSA) is 34.0 Å². The van der Waals surface area contributed by atoms with Crippen LogP contribution in [-0.2, 0) is 11.3 Å². The minimum absolute atomic E-state index is 0.0280. The highest BCUT2D eigenvalue weighted by Gasteiger charge is 2.11. The van der Waals surface area contributed by atoms with Gasteiger partial charge in [-0.1, -0.05) is 35.9 Å². The average molecular weight is 338 g/mol. The molecule has 0 unspecified atom stereocenters. The molecule has 0 aliphatic heterocycles. The normalized spacial score (nSPS) is 11.0. The summed E-state index contributed by atoms with van der Waals surface area (Å²) in [5.41, 5.74) is 4.41. The van der Waals surface area contributed by atoms with E-state index in [1.807, 2.05) is 25.1 Å². The van der Waals surface area contributed by atoms with Gasteiger partial charge in [0.05, 0.1) is 5.75 Å². The Morgan fingerprint density at radius 3 is 2.71 bits per heavy atom. The number of hydrogen-bond acceptors (Lipinski definition) is 2. The van der Waals surface area contributed by atoms with Crippen molar-refractivity contribution in [3.05, 3.63) is 59.8 Å². The molecular weight excluding hydrogens is 316 g/mol. The van der Waals surface area contributed by atoms with Gasteiger partial charge in [-0.25, -0.2) is 0 Å². The van der Waals surface area contributed by atoms with Crippen LogP contribution in [0.15, 0.2) is 53.6 Å². The molecule has 1 amide bonds. The Bertz CT molecular complexity index is 882. The Kier molecular flexibility index (Phi) is 4.95. The molecule has 0 radical (unpaired) electrons. The van der Waals surface area contributed by atoms with Gasteiger partial charge in [-0.3, -0.25) is 4.79 Å². The van der Waals surface area contributed by atoms with Crippen LogP contribution in [0, 0.1) is 13.8 Å². The number of hydrogen-bond donors (Lipinski definition) is 1. The van der Waals surface area contributed by atoms with E-state index in [0.717, 1.165) is 22.7 Å². The second-order valence-corrected chi connectivity index (χ2v) is 6.97. The zero-order valence-corrected chi connectivity index (χ0v) is 15.1. The molecule has 0 fully saturated rings. The summed E-state index contributed by atoms with van der Waals surface area (Å²) in [6.45, 7) is 7.13. The van der Waals surface area contributed by atoms with Gasteiger partial charge in [-0.2, -0.15) is 0 Å². The van der Waals surface area contributed by atoms with E-state index in [1.165, 1.54) is 16.5 Å². The highest BCUT2D eigenvalue weighted by Crippen LogP contribution is 2.30. The number of amides is 1. The van der Waals surface area contributed by atoms with Crippen LogP contribution >= 0.6 is 11.8 Å². The summed E-state index contributed by atoms with van der Waals surface area (Å²) in [5.74, 6) is 0.436. The van der Waals surface area contributed by atoms with E-state index in [2.05, 4.69) is 54.2 Å². The van der Waals surface area contributed by atoms with Gasteiger partial charge in [0.1, 0.15) is 0 Å². The standard InChI is InChI=1S/C20H22N2OS/c1-4-22-12-19(16-7-5-6-8-18(16)22)24-13-20(23)21-17-10-9-14(2)11-15(17)3/h5-12H,4,13H2,1-3H3,(H,21,23). The number of aromatic nitrogens is 1. The molecular formula is C20H22N2OS. The van der Waals surface area contributed by atoms with Gasteiger partial charge in [0.25, 0.3) is 0 Å². The molecule has 0 aliphatic rings. The fourth-order valence-electron chi connectivity index (χ4n) is 2.87. The second kappa shape index (κ2) is 7.14. The van der Waals surface area contributed by atoms with E-state index < -0.39 is 0 Å². The first kappa shape index (κ1) is 16.7. The summed E-state index contributed by atoms with van der Waals surface area (Å²) in [5, 5.41) is 4.22. The minimum Gasteiger partial charge on any atom is -0.347 e. The first-order valence-corrected chi connectivity index (χ1v) is 9.15. The summed E-state index contributed by atoms with van der Waals surface area (Å²) in [6.07, 6.45) is 2.14. The van der Waals surface area contributed by atoms with Gasteiger partial charge < -0.3 is 9.88 Å². The quantitative estimate of drug-likeness (QED) is 0.664. The van der Waals surface area contributed by atoms with Crippen molar-refractivity contribution in [1.29, 1.82) is 0 Å². The molecule has 3 aromatic rings. The van der Waals surface area contributed by atoms with Crippen LogP contribution in [0.3, 0.4) is 0 Å². The zero-order valence-electron chi connectivity index (χ0n) is 14.3. The van der Waals surface area contributed by atoms with Crippen molar-refractivity contribution in [3.63, 3.8) is 0 Å². The highest BCUT2D eigenvalue weighted by atomic mass is 32.2. The van der Waals surface area contributed by atoms with Gasteiger partial charge in [-0.15, -0.1) is 11.8 Å². The van der Waals surface area contributed by atoms with Crippen LogP contribution in [0.1, 0.15) is 18.1 Å². The number of rotatable bonds is 5. The van der Waals surface area contributed by atoms with E-state index in [4.69, 9.17) is 0 Å². The minimum atomic E-state index is 0.0280. The van der Waals surface area contributed by atoms with Gasteiger partial charge in [-0.05, 0) is 38.5 Å². The number of aryl methyl sites for hydroxylation is 3.